The molecule has 0 saturated heterocycles. The van der Waals surface area contributed by atoms with Crippen LogP contribution in [-0.4, -0.2) is 4.98 Å². The van der Waals surface area contributed by atoms with Crippen molar-refractivity contribution in [1.29, 1.82) is 0 Å². The maximum Gasteiger partial charge on any atom is 0.433 e. The molecule has 2 rings (SSSR count). The highest BCUT2D eigenvalue weighted by Gasteiger charge is 2.32. The van der Waals surface area contributed by atoms with Gasteiger partial charge in [-0.05, 0) is 41.3 Å². The van der Waals surface area contributed by atoms with Gasteiger partial charge in [-0.3, -0.25) is 4.98 Å². The topological polar surface area (TPSA) is 38.9 Å². The van der Waals surface area contributed by atoms with Gasteiger partial charge in [-0.2, -0.15) is 13.2 Å². The lowest BCUT2D eigenvalue weighted by molar-refractivity contribution is -0.141. The lowest BCUT2D eigenvalue weighted by Gasteiger charge is -2.15. The summed E-state index contributed by atoms with van der Waals surface area (Å²) in [6.07, 6.45) is -3.52. The normalized spacial score (nSPS) is 12.0. The van der Waals surface area contributed by atoms with Crippen molar-refractivity contribution in [1.82, 2.24) is 4.98 Å². The number of rotatable bonds is 2. The minimum atomic E-state index is -4.56. The van der Waals surface area contributed by atoms with E-state index >= 15 is 0 Å². The Bertz CT molecular complexity index is 663. The number of hydrogen-bond acceptors (Lipinski definition) is 2. The largest absolute Gasteiger partial charge is 0.433 e. The molecule has 0 aliphatic carbocycles. The van der Waals surface area contributed by atoms with E-state index in [-0.39, 0.29) is 22.7 Å². The van der Waals surface area contributed by atoms with Gasteiger partial charge in [-0.25, -0.2) is 4.39 Å². The van der Waals surface area contributed by atoms with Gasteiger partial charge in [0.05, 0.1) is 0 Å². The van der Waals surface area contributed by atoms with E-state index in [0.29, 0.717) is 5.56 Å². The van der Waals surface area contributed by atoms with Crippen LogP contribution < -0.4 is 5.73 Å². The van der Waals surface area contributed by atoms with Crippen molar-refractivity contribution in [2.24, 2.45) is 0 Å². The van der Waals surface area contributed by atoms with Gasteiger partial charge in [-0.15, -0.1) is 0 Å². The Morgan fingerprint density at radius 1 is 1.14 bits per heavy atom. The van der Waals surface area contributed by atoms with Gasteiger partial charge in [0.15, 0.2) is 0 Å². The summed E-state index contributed by atoms with van der Waals surface area (Å²) in [7, 11) is 0. The van der Waals surface area contributed by atoms with Crippen LogP contribution in [0.5, 0.6) is 0 Å². The molecule has 1 heterocycles. The standard InChI is InChI=1S/C15H14F4N2/c1-8(2)11-6-10(16)7-12(14(11)20)9-3-4-21-13(5-9)15(17,18)19/h3-8H,20H2,1-2H3. The molecule has 0 saturated carbocycles. The van der Waals surface area contributed by atoms with Gasteiger partial charge < -0.3 is 5.73 Å². The van der Waals surface area contributed by atoms with Crippen LogP contribution in [-0.2, 0) is 6.18 Å². The summed E-state index contributed by atoms with van der Waals surface area (Å²) >= 11 is 0. The second kappa shape index (κ2) is 5.35. The summed E-state index contributed by atoms with van der Waals surface area (Å²) in [6.45, 7) is 3.67. The van der Waals surface area contributed by atoms with E-state index in [9.17, 15) is 17.6 Å². The summed E-state index contributed by atoms with van der Waals surface area (Å²) in [5, 5.41) is 0. The summed E-state index contributed by atoms with van der Waals surface area (Å²) in [6, 6.07) is 4.69. The van der Waals surface area contributed by atoms with Gasteiger partial charge in [0.1, 0.15) is 11.5 Å². The predicted octanol–water partition coefficient (Wildman–Crippen LogP) is 4.61. The van der Waals surface area contributed by atoms with E-state index in [2.05, 4.69) is 4.98 Å². The fraction of sp³-hybridized carbons (Fsp3) is 0.267. The highest BCUT2D eigenvalue weighted by Crippen LogP contribution is 2.36. The average Bonchev–Trinajstić information content (AvgIpc) is 2.40. The summed E-state index contributed by atoms with van der Waals surface area (Å²) < 4.78 is 51.8. The molecule has 2 N–H and O–H groups in total. The quantitative estimate of drug-likeness (QED) is 0.649. The lowest BCUT2D eigenvalue weighted by Crippen LogP contribution is -2.08. The first-order valence-corrected chi connectivity index (χ1v) is 6.32. The molecule has 6 heteroatoms. The van der Waals surface area contributed by atoms with Gasteiger partial charge in [0.25, 0.3) is 0 Å². The van der Waals surface area contributed by atoms with Crippen LogP contribution in [0.1, 0.15) is 31.0 Å². The van der Waals surface area contributed by atoms with Gasteiger partial charge in [-0.1, -0.05) is 13.8 Å². The average molecular weight is 298 g/mol. The second-order valence-corrected chi connectivity index (χ2v) is 5.04. The first-order valence-electron chi connectivity index (χ1n) is 6.32. The number of nitrogens with zero attached hydrogens (tertiary/aromatic N) is 1. The third-order valence-corrected chi connectivity index (χ3v) is 3.16. The number of pyridine rings is 1. The van der Waals surface area contributed by atoms with Crippen LogP contribution >= 0.6 is 0 Å². The molecular weight excluding hydrogens is 284 g/mol. The zero-order chi connectivity index (χ0) is 15.8. The molecule has 0 amide bonds. The highest BCUT2D eigenvalue weighted by molar-refractivity contribution is 5.79. The Labute approximate surface area is 119 Å². The fourth-order valence-electron chi connectivity index (χ4n) is 2.11. The molecule has 1 aromatic carbocycles. The van der Waals surface area contributed by atoms with Gasteiger partial charge in [0.2, 0.25) is 0 Å². The van der Waals surface area contributed by atoms with E-state index in [1.165, 1.54) is 12.1 Å². The van der Waals surface area contributed by atoms with Gasteiger partial charge >= 0.3 is 6.18 Å². The number of aromatic nitrogens is 1. The molecule has 0 fully saturated rings. The van der Waals surface area contributed by atoms with Crippen molar-refractivity contribution in [2.75, 3.05) is 5.73 Å². The summed E-state index contributed by atoms with van der Waals surface area (Å²) in [5.74, 6) is -0.573. The van der Waals surface area contributed by atoms with Crippen molar-refractivity contribution in [3.8, 4) is 11.1 Å². The van der Waals surface area contributed by atoms with Gasteiger partial charge in [0, 0.05) is 17.4 Å². The minimum absolute atomic E-state index is 0.0385. The summed E-state index contributed by atoms with van der Waals surface area (Å²) in [5.41, 5.74) is 6.22. The van der Waals surface area contributed by atoms with Crippen molar-refractivity contribution >= 4 is 5.69 Å². The Balaban J connectivity index is 2.62. The molecule has 0 unspecified atom stereocenters. The van der Waals surface area contributed by atoms with Crippen LogP contribution in [0.25, 0.3) is 11.1 Å². The smallest absolute Gasteiger partial charge is 0.398 e. The molecule has 112 valence electrons. The van der Waals surface area contributed by atoms with E-state index in [4.69, 9.17) is 5.73 Å². The number of anilines is 1. The third-order valence-electron chi connectivity index (χ3n) is 3.16. The number of hydrogen-bond donors (Lipinski definition) is 1. The van der Waals surface area contributed by atoms with E-state index < -0.39 is 17.7 Å². The van der Waals surface area contributed by atoms with Crippen molar-refractivity contribution < 1.29 is 17.6 Å². The van der Waals surface area contributed by atoms with Crippen molar-refractivity contribution in [2.45, 2.75) is 25.9 Å². The van der Waals surface area contributed by atoms with Crippen LogP contribution in [0.15, 0.2) is 30.5 Å². The Hall–Kier alpha value is -2.11. The van der Waals surface area contributed by atoms with Crippen LogP contribution in [0.3, 0.4) is 0 Å². The van der Waals surface area contributed by atoms with E-state index in [1.54, 1.807) is 0 Å². The second-order valence-electron chi connectivity index (χ2n) is 5.04. The number of halogens is 4. The molecule has 0 atom stereocenters. The molecule has 2 aromatic rings. The lowest BCUT2D eigenvalue weighted by atomic mass is 9.94. The Kier molecular flexibility index (Phi) is 3.89. The zero-order valence-electron chi connectivity index (χ0n) is 11.5. The zero-order valence-corrected chi connectivity index (χ0v) is 11.5. The molecule has 21 heavy (non-hydrogen) atoms. The molecule has 0 radical (unpaired) electrons. The van der Waals surface area contributed by atoms with Crippen molar-refractivity contribution in [3.05, 3.63) is 47.5 Å². The molecule has 1 aromatic heterocycles. The highest BCUT2D eigenvalue weighted by atomic mass is 19.4. The monoisotopic (exact) mass is 298 g/mol. The molecule has 0 aliphatic rings. The Morgan fingerprint density at radius 3 is 2.38 bits per heavy atom. The van der Waals surface area contributed by atoms with Crippen LogP contribution in [0.4, 0.5) is 23.2 Å². The predicted molar refractivity (Wildman–Crippen MR) is 73.1 cm³/mol. The number of alkyl halides is 3. The number of nitrogen functional groups attached to an aromatic ring is 1. The first-order chi connectivity index (χ1) is 9.70. The van der Waals surface area contributed by atoms with Crippen LogP contribution in [0.2, 0.25) is 0 Å². The minimum Gasteiger partial charge on any atom is -0.398 e. The first kappa shape index (κ1) is 15.3. The van der Waals surface area contributed by atoms with E-state index in [0.717, 1.165) is 18.3 Å². The molecule has 0 spiro atoms. The Morgan fingerprint density at radius 2 is 1.81 bits per heavy atom. The number of benzene rings is 1. The van der Waals surface area contributed by atoms with Crippen molar-refractivity contribution in [3.63, 3.8) is 0 Å². The van der Waals surface area contributed by atoms with E-state index in [1.807, 2.05) is 13.8 Å². The fourth-order valence-corrected chi connectivity index (χ4v) is 2.11. The SMILES string of the molecule is CC(C)c1cc(F)cc(-c2ccnc(C(F)(F)F)c2)c1N. The maximum atomic E-state index is 13.7. The van der Waals surface area contributed by atoms with Crippen LogP contribution in [0, 0.1) is 5.82 Å². The maximum absolute atomic E-state index is 13.7. The molecule has 0 bridgehead atoms. The summed E-state index contributed by atoms with van der Waals surface area (Å²) in [4.78, 5) is 3.29. The molecule has 0 aliphatic heterocycles. The molecular formula is C15H14F4N2. The third kappa shape index (κ3) is 3.15. The molecule has 2 nitrogen and oxygen atoms in total. The number of nitrogens with two attached hydrogens (primary N) is 1.